The molecule has 2 N–H and O–H groups in total. The molecule has 2 aromatic carbocycles. The van der Waals surface area contributed by atoms with Crippen LogP contribution in [-0.4, -0.2) is 4.98 Å². The third kappa shape index (κ3) is 2.15. The van der Waals surface area contributed by atoms with Crippen LogP contribution in [0.25, 0.3) is 22.6 Å². The summed E-state index contributed by atoms with van der Waals surface area (Å²) in [4.78, 5) is 4.39. The molecule has 19 heavy (non-hydrogen) atoms. The van der Waals surface area contributed by atoms with E-state index in [1.54, 1.807) is 12.1 Å². The minimum absolute atomic E-state index is 0.467. The van der Waals surface area contributed by atoms with Crippen LogP contribution < -0.4 is 5.73 Å². The van der Waals surface area contributed by atoms with E-state index in [0.717, 1.165) is 11.1 Å². The van der Waals surface area contributed by atoms with Gasteiger partial charge in [-0.25, -0.2) is 4.98 Å². The van der Waals surface area contributed by atoms with Crippen LogP contribution in [0, 0.1) is 6.92 Å². The van der Waals surface area contributed by atoms with E-state index in [-0.39, 0.29) is 0 Å². The first-order valence-electron chi connectivity index (χ1n) is 5.66. The fraction of sp³-hybridized carbons (Fsp3) is 0.0714. The predicted molar refractivity (Wildman–Crippen MR) is 78.6 cm³/mol. The van der Waals surface area contributed by atoms with Crippen LogP contribution in [0.1, 0.15) is 5.56 Å². The Hall–Kier alpha value is -1.71. The van der Waals surface area contributed by atoms with Crippen molar-refractivity contribution in [3.63, 3.8) is 0 Å². The van der Waals surface area contributed by atoms with Gasteiger partial charge in [0, 0.05) is 16.7 Å². The molecule has 0 aliphatic carbocycles. The fourth-order valence-electron chi connectivity index (χ4n) is 1.81. The molecule has 0 fully saturated rings. The molecule has 0 amide bonds. The Bertz CT molecular complexity index is 741. The topological polar surface area (TPSA) is 52.0 Å². The Labute approximate surface area is 119 Å². The number of benzene rings is 2. The Morgan fingerprint density at radius 2 is 1.89 bits per heavy atom. The maximum Gasteiger partial charge on any atom is 0.227 e. The van der Waals surface area contributed by atoms with Crippen molar-refractivity contribution < 1.29 is 4.42 Å². The largest absolute Gasteiger partial charge is 0.436 e. The molecule has 0 unspecified atom stereocenters. The lowest BCUT2D eigenvalue weighted by molar-refractivity contribution is 0.620. The van der Waals surface area contributed by atoms with Gasteiger partial charge in [0.05, 0.1) is 10.7 Å². The molecule has 0 saturated heterocycles. The molecule has 96 valence electrons. The number of nitrogen functional groups attached to an aromatic ring is 1. The number of anilines is 1. The van der Waals surface area contributed by atoms with Crippen LogP contribution in [-0.2, 0) is 0 Å². The molecule has 0 atom stereocenters. The van der Waals surface area contributed by atoms with Crippen molar-refractivity contribution >= 4 is 40.0 Å². The van der Waals surface area contributed by atoms with Crippen molar-refractivity contribution in [2.45, 2.75) is 6.92 Å². The zero-order valence-corrected chi connectivity index (χ0v) is 11.6. The number of rotatable bonds is 1. The number of nitrogens with two attached hydrogens (primary N) is 1. The highest BCUT2D eigenvalue weighted by Gasteiger charge is 2.11. The molecule has 0 aliphatic heterocycles. The van der Waals surface area contributed by atoms with E-state index >= 15 is 0 Å². The number of oxazole rings is 1. The van der Waals surface area contributed by atoms with Gasteiger partial charge in [-0.15, -0.1) is 0 Å². The van der Waals surface area contributed by atoms with Crippen LogP contribution in [0.15, 0.2) is 34.7 Å². The Kier molecular flexibility index (Phi) is 2.88. The number of hydrogen-bond donors (Lipinski definition) is 1. The molecular formula is C14H10Cl2N2O. The Morgan fingerprint density at radius 3 is 2.63 bits per heavy atom. The lowest BCUT2D eigenvalue weighted by atomic mass is 10.1. The summed E-state index contributed by atoms with van der Waals surface area (Å²) < 4.78 is 5.68. The zero-order valence-electron chi connectivity index (χ0n) is 10.1. The van der Waals surface area contributed by atoms with Gasteiger partial charge in [0.2, 0.25) is 5.89 Å². The molecule has 0 aliphatic rings. The van der Waals surface area contributed by atoms with Gasteiger partial charge in [0.1, 0.15) is 5.52 Å². The molecule has 0 radical (unpaired) electrons. The summed E-state index contributed by atoms with van der Waals surface area (Å²) in [6.45, 7) is 1.94. The minimum Gasteiger partial charge on any atom is -0.436 e. The van der Waals surface area contributed by atoms with Crippen LogP contribution in [0.4, 0.5) is 5.69 Å². The van der Waals surface area contributed by atoms with E-state index in [9.17, 15) is 0 Å². The predicted octanol–water partition coefficient (Wildman–Crippen LogP) is 4.69. The maximum absolute atomic E-state index is 6.10. The monoisotopic (exact) mass is 292 g/mol. The van der Waals surface area contributed by atoms with E-state index < -0.39 is 0 Å². The van der Waals surface area contributed by atoms with E-state index in [4.69, 9.17) is 33.4 Å². The maximum atomic E-state index is 6.10. The van der Waals surface area contributed by atoms with Crippen molar-refractivity contribution in [3.05, 3.63) is 45.9 Å². The van der Waals surface area contributed by atoms with Gasteiger partial charge < -0.3 is 10.2 Å². The molecule has 0 saturated carbocycles. The normalized spacial score (nSPS) is 11.1. The van der Waals surface area contributed by atoms with Gasteiger partial charge in [0.15, 0.2) is 5.58 Å². The quantitative estimate of drug-likeness (QED) is 0.662. The first kappa shape index (κ1) is 12.3. The van der Waals surface area contributed by atoms with E-state index in [1.807, 2.05) is 25.1 Å². The first-order chi connectivity index (χ1) is 9.04. The molecule has 1 heterocycles. The van der Waals surface area contributed by atoms with Gasteiger partial charge in [0.25, 0.3) is 0 Å². The van der Waals surface area contributed by atoms with Crippen molar-refractivity contribution in [2.24, 2.45) is 0 Å². The highest BCUT2D eigenvalue weighted by atomic mass is 35.5. The Balaban J connectivity index is 2.17. The van der Waals surface area contributed by atoms with Crippen LogP contribution >= 0.6 is 23.2 Å². The summed E-state index contributed by atoms with van der Waals surface area (Å²) in [5, 5.41) is 1.14. The molecular weight excluding hydrogens is 283 g/mol. The van der Waals surface area contributed by atoms with Gasteiger partial charge in [-0.1, -0.05) is 29.3 Å². The Morgan fingerprint density at radius 1 is 1.11 bits per heavy atom. The summed E-state index contributed by atoms with van der Waals surface area (Å²) in [5.41, 5.74) is 9.31. The molecule has 3 nitrogen and oxygen atoms in total. The second kappa shape index (κ2) is 4.44. The highest BCUT2D eigenvalue weighted by Crippen LogP contribution is 2.31. The third-order valence-electron chi connectivity index (χ3n) is 2.93. The smallest absolute Gasteiger partial charge is 0.227 e. The minimum atomic E-state index is 0.467. The van der Waals surface area contributed by atoms with Crippen LogP contribution in [0.2, 0.25) is 10.0 Å². The van der Waals surface area contributed by atoms with Crippen LogP contribution in [0.3, 0.4) is 0 Å². The zero-order chi connectivity index (χ0) is 13.6. The van der Waals surface area contributed by atoms with Gasteiger partial charge in [-0.05, 0) is 30.7 Å². The van der Waals surface area contributed by atoms with Gasteiger partial charge in [-0.2, -0.15) is 0 Å². The van der Waals surface area contributed by atoms with Gasteiger partial charge >= 0.3 is 0 Å². The fourth-order valence-corrected chi connectivity index (χ4v) is 2.15. The van der Waals surface area contributed by atoms with Crippen molar-refractivity contribution in [1.82, 2.24) is 4.98 Å². The molecule has 3 rings (SSSR count). The van der Waals surface area contributed by atoms with Crippen molar-refractivity contribution in [1.29, 1.82) is 0 Å². The average Bonchev–Trinajstić information content (AvgIpc) is 2.76. The SMILES string of the molecule is Cc1ccc(-c2nc3cc(Cl)c(N)cc3o2)cc1Cl. The van der Waals surface area contributed by atoms with Crippen LogP contribution in [0.5, 0.6) is 0 Å². The standard InChI is InChI=1S/C14H10Cl2N2O/c1-7-2-3-8(4-9(7)15)14-18-12-5-10(16)11(17)6-13(12)19-14/h2-6H,17H2,1H3. The highest BCUT2D eigenvalue weighted by molar-refractivity contribution is 6.33. The summed E-state index contributed by atoms with van der Waals surface area (Å²) in [5.74, 6) is 0.499. The van der Waals surface area contributed by atoms with Crippen molar-refractivity contribution in [2.75, 3.05) is 5.73 Å². The second-order valence-electron chi connectivity index (χ2n) is 4.32. The lowest BCUT2D eigenvalue weighted by Gasteiger charge is -1.99. The lowest BCUT2D eigenvalue weighted by Crippen LogP contribution is -1.84. The van der Waals surface area contributed by atoms with E-state index in [2.05, 4.69) is 4.98 Å². The number of halogens is 2. The number of aryl methyl sites for hydroxylation is 1. The molecule has 0 bridgehead atoms. The summed E-state index contributed by atoms with van der Waals surface area (Å²) in [6, 6.07) is 9.02. The molecule has 1 aromatic heterocycles. The van der Waals surface area contributed by atoms with Crippen molar-refractivity contribution in [3.8, 4) is 11.5 Å². The molecule has 3 aromatic rings. The summed E-state index contributed by atoms with van der Waals surface area (Å²) in [6.07, 6.45) is 0. The summed E-state index contributed by atoms with van der Waals surface area (Å²) in [7, 11) is 0. The van der Waals surface area contributed by atoms with Gasteiger partial charge in [-0.3, -0.25) is 0 Å². The molecule has 5 heteroatoms. The average molecular weight is 293 g/mol. The third-order valence-corrected chi connectivity index (χ3v) is 3.66. The number of nitrogens with zero attached hydrogens (tertiary/aromatic N) is 1. The number of fused-ring (bicyclic) bond motifs is 1. The summed E-state index contributed by atoms with van der Waals surface area (Å²) >= 11 is 12.1. The second-order valence-corrected chi connectivity index (χ2v) is 5.14. The number of aromatic nitrogens is 1. The number of hydrogen-bond acceptors (Lipinski definition) is 3. The molecule has 0 spiro atoms. The van der Waals surface area contributed by atoms with E-state index in [1.165, 1.54) is 0 Å². The first-order valence-corrected chi connectivity index (χ1v) is 6.42. The van der Waals surface area contributed by atoms with E-state index in [0.29, 0.717) is 32.7 Å².